The predicted molar refractivity (Wildman–Crippen MR) is 85.6 cm³/mol. The van der Waals surface area contributed by atoms with Crippen molar-refractivity contribution in [1.29, 1.82) is 0 Å². The second-order valence-corrected chi connectivity index (χ2v) is 6.90. The molecule has 120 valence electrons. The highest BCUT2D eigenvalue weighted by atomic mass is 16.4. The Balaban J connectivity index is 2.62. The quantitative estimate of drug-likeness (QED) is 0.910. The fourth-order valence-corrected chi connectivity index (χ4v) is 3.84. The van der Waals surface area contributed by atoms with Gasteiger partial charge in [0.15, 0.2) is 0 Å². The SMILES string of the molecule is CC(C)C(C(=O)O)(c1ccccc1)C(C)(C)C(=O)N1CCC1. The van der Waals surface area contributed by atoms with Crippen LogP contribution < -0.4 is 0 Å². The number of carboxylic acid groups (broad SMARTS) is 1. The number of carbonyl (C=O) groups excluding carboxylic acids is 1. The second kappa shape index (κ2) is 5.75. The Morgan fingerprint density at radius 2 is 1.68 bits per heavy atom. The fourth-order valence-electron chi connectivity index (χ4n) is 3.84. The maximum absolute atomic E-state index is 12.9. The molecule has 1 aromatic carbocycles. The molecule has 1 amide bonds. The van der Waals surface area contributed by atoms with Crippen molar-refractivity contribution in [2.24, 2.45) is 11.3 Å². The molecule has 1 fully saturated rings. The van der Waals surface area contributed by atoms with Crippen molar-refractivity contribution in [3.8, 4) is 0 Å². The summed E-state index contributed by atoms with van der Waals surface area (Å²) >= 11 is 0. The maximum Gasteiger partial charge on any atom is 0.315 e. The number of likely N-dealkylation sites (tertiary alicyclic amines) is 1. The lowest BCUT2D eigenvalue weighted by molar-refractivity contribution is -0.164. The monoisotopic (exact) mass is 303 g/mol. The summed E-state index contributed by atoms with van der Waals surface area (Å²) in [7, 11) is 0. The van der Waals surface area contributed by atoms with E-state index in [1.807, 2.05) is 44.2 Å². The Hall–Kier alpha value is -1.84. The van der Waals surface area contributed by atoms with E-state index < -0.39 is 16.8 Å². The Morgan fingerprint density at radius 3 is 2.05 bits per heavy atom. The van der Waals surface area contributed by atoms with E-state index >= 15 is 0 Å². The minimum atomic E-state index is -1.25. The Kier molecular flexibility index (Phi) is 4.32. The molecule has 0 saturated carbocycles. The zero-order chi connectivity index (χ0) is 16.5. The van der Waals surface area contributed by atoms with Gasteiger partial charge in [0.2, 0.25) is 5.91 Å². The van der Waals surface area contributed by atoms with Crippen LogP contribution in [-0.4, -0.2) is 35.0 Å². The highest BCUT2D eigenvalue weighted by molar-refractivity contribution is 5.94. The smallest absolute Gasteiger partial charge is 0.315 e. The van der Waals surface area contributed by atoms with Gasteiger partial charge in [0.05, 0.1) is 5.41 Å². The van der Waals surface area contributed by atoms with Gasteiger partial charge in [0, 0.05) is 13.1 Å². The average molecular weight is 303 g/mol. The molecule has 1 aliphatic rings. The highest BCUT2D eigenvalue weighted by Crippen LogP contribution is 2.49. The van der Waals surface area contributed by atoms with Gasteiger partial charge in [0.25, 0.3) is 0 Å². The van der Waals surface area contributed by atoms with Crippen molar-refractivity contribution >= 4 is 11.9 Å². The molecule has 22 heavy (non-hydrogen) atoms. The van der Waals surface area contributed by atoms with Crippen LogP contribution in [0.4, 0.5) is 0 Å². The number of nitrogens with zero attached hydrogens (tertiary/aromatic N) is 1. The van der Waals surface area contributed by atoms with Crippen LogP contribution in [-0.2, 0) is 15.0 Å². The normalized spacial score (nSPS) is 17.8. The van der Waals surface area contributed by atoms with Crippen LogP contribution in [0.2, 0.25) is 0 Å². The molecule has 0 radical (unpaired) electrons. The number of benzene rings is 1. The molecule has 4 heteroatoms. The van der Waals surface area contributed by atoms with Crippen molar-refractivity contribution < 1.29 is 14.7 Å². The first kappa shape index (κ1) is 16.5. The molecule has 0 aromatic heterocycles. The van der Waals surface area contributed by atoms with Crippen molar-refractivity contribution in [1.82, 2.24) is 4.90 Å². The van der Waals surface area contributed by atoms with E-state index in [1.165, 1.54) is 0 Å². The van der Waals surface area contributed by atoms with E-state index in [-0.39, 0.29) is 11.8 Å². The van der Waals surface area contributed by atoms with Gasteiger partial charge in [-0.05, 0) is 31.7 Å². The molecule has 1 atom stereocenters. The molecule has 1 saturated heterocycles. The van der Waals surface area contributed by atoms with E-state index in [0.29, 0.717) is 5.56 Å². The van der Waals surface area contributed by atoms with Gasteiger partial charge in [-0.1, -0.05) is 44.2 Å². The van der Waals surface area contributed by atoms with Gasteiger partial charge >= 0.3 is 5.97 Å². The molecular weight excluding hydrogens is 278 g/mol. The van der Waals surface area contributed by atoms with Crippen molar-refractivity contribution in [3.05, 3.63) is 35.9 Å². The summed E-state index contributed by atoms with van der Waals surface area (Å²) in [6.07, 6.45) is 0.995. The summed E-state index contributed by atoms with van der Waals surface area (Å²) in [6, 6.07) is 9.17. The Morgan fingerprint density at radius 1 is 1.14 bits per heavy atom. The zero-order valence-electron chi connectivity index (χ0n) is 13.8. The van der Waals surface area contributed by atoms with Crippen molar-refractivity contribution in [3.63, 3.8) is 0 Å². The summed E-state index contributed by atoms with van der Waals surface area (Å²) in [5, 5.41) is 10.1. The van der Waals surface area contributed by atoms with Gasteiger partial charge in [0.1, 0.15) is 5.41 Å². The largest absolute Gasteiger partial charge is 0.481 e. The third kappa shape index (κ3) is 2.21. The molecule has 0 spiro atoms. The topological polar surface area (TPSA) is 57.6 Å². The number of hydrogen-bond acceptors (Lipinski definition) is 2. The van der Waals surface area contributed by atoms with E-state index in [9.17, 15) is 14.7 Å². The average Bonchev–Trinajstić information content (AvgIpc) is 2.37. The van der Waals surface area contributed by atoms with E-state index in [4.69, 9.17) is 0 Å². The lowest BCUT2D eigenvalue weighted by Gasteiger charge is -2.49. The second-order valence-electron chi connectivity index (χ2n) is 6.90. The van der Waals surface area contributed by atoms with Crippen LogP contribution in [0.15, 0.2) is 30.3 Å². The van der Waals surface area contributed by atoms with Crippen molar-refractivity contribution in [2.45, 2.75) is 39.5 Å². The third-order valence-electron chi connectivity index (χ3n) is 5.10. The van der Waals surface area contributed by atoms with Gasteiger partial charge < -0.3 is 10.0 Å². The third-order valence-corrected chi connectivity index (χ3v) is 5.10. The molecule has 1 aliphatic heterocycles. The van der Waals surface area contributed by atoms with Crippen LogP contribution in [0.1, 0.15) is 39.7 Å². The van der Waals surface area contributed by atoms with Gasteiger partial charge in [-0.15, -0.1) is 0 Å². The number of amides is 1. The number of rotatable bonds is 5. The number of hydrogen-bond donors (Lipinski definition) is 1. The number of carbonyl (C=O) groups is 2. The molecule has 1 N–H and O–H groups in total. The molecule has 0 bridgehead atoms. The van der Waals surface area contributed by atoms with E-state index in [0.717, 1.165) is 19.5 Å². The van der Waals surface area contributed by atoms with Gasteiger partial charge in [-0.3, -0.25) is 9.59 Å². The summed E-state index contributed by atoms with van der Waals surface area (Å²) in [5.74, 6) is -1.22. The first-order valence-corrected chi connectivity index (χ1v) is 7.84. The van der Waals surface area contributed by atoms with E-state index in [2.05, 4.69) is 0 Å². The summed E-state index contributed by atoms with van der Waals surface area (Å²) in [4.78, 5) is 27.1. The molecule has 0 aliphatic carbocycles. The standard InChI is InChI=1S/C18H25NO3/c1-13(2)18(16(21)22,14-9-6-5-7-10-14)17(3,4)15(20)19-11-8-12-19/h5-7,9-10,13H,8,11-12H2,1-4H3,(H,21,22). The van der Waals surface area contributed by atoms with Crippen LogP contribution in [0.25, 0.3) is 0 Å². The molecule has 2 rings (SSSR count). The summed E-state index contributed by atoms with van der Waals surface area (Å²) < 4.78 is 0. The first-order valence-electron chi connectivity index (χ1n) is 7.84. The van der Waals surface area contributed by atoms with Gasteiger partial charge in [-0.25, -0.2) is 0 Å². The number of aliphatic carboxylic acids is 1. The Labute approximate surface area is 132 Å². The Bertz CT molecular complexity index is 561. The minimum Gasteiger partial charge on any atom is -0.481 e. The molecular formula is C18H25NO3. The lowest BCUT2D eigenvalue weighted by atomic mass is 9.55. The van der Waals surface area contributed by atoms with E-state index in [1.54, 1.807) is 18.7 Å². The van der Waals surface area contributed by atoms with Crippen LogP contribution >= 0.6 is 0 Å². The van der Waals surface area contributed by atoms with Crippen molar-refractivity contribution in [2.75, 3.05) is 13.1 Å². The molecule has 4 nitrogen and oxygen atoms in total. The van der Waals surface area contributed by atoms with Crippen LogP contribution in [0.3, 0.4) is 0 Å². The molecule has 1 aromatic rings. The summed E-state index contributed by atoms with van der Waals surface area (Å²) in [6.45, 7) is 8.76. The van der Waals surface area contributed by atoms with Gasteiger partial charge in [-0.2, -0.15) is 0 Å². The van der Waals surface area contributed by atoms with Crippen LogP contribution in [0, 0.1) is 11.3 Å². The lowest BCUT2D eigenvalue weighted by Crippen LogP contribution is -2.61. The summed E-state index contributed by atoms with van der Waals surface area (Å²) in [5.41, 5.74) is -1.58. The first-order chi connectivity index (χ1) is 10.3. The van der Waals surface area contributed by atoms with Crippen LogP contribution in [0.5, 0.6) is 0 Å². The predicted octanol–water partition coefficient (Wildman–Crippen LogP) is 2.92. The zero-order valence-corrected chi connectivity index (χ0v) is 13.8. The maximum atomic E-state index is 12.9. The molecule has 1 unspecified atom stereocenters. The highest BCUT2D eigenvalue weighted by Gasteiger charge is 2.59. The fraction of sp³-hybridized carbons (Fsp3) is 0.556. The molecule has 1 heterocycles. The minimum absolute atomic E-state index is 0.0706. The number of carboxylic acids is 1.